The molecule has 0 unspecified atom stereocenters. The van der Waals surface area contributed by atoms with Crippen molar-refractivity contribution < 1.29 is 82.1 Å². The number of ether oxygens (including phenoxy) is 11. The molecule has 0 bridgehead atoms. The predicted molar refractivity (Wildman–Crippen MR) is 242 cm³/mol. The molecule has 1 aromatic rings. The van der Waals surface area contributed by atoms with Gasteiger partial charge >= 0.3 is 11.9 Å². The zero-order chi connectivity index (χ0) is 49.1. The third-order valence-electron chi connectivity index (χ3n) is 18.2. The van der Waals surface area contributed by atoms with Gasteiger partial charge in [0.2, 0.25) is 0 Å². The summed E-state index contributed by atoms with van der Waals surface area (Å²) in [5.41, 5.74) is -4.18. The molecule has 23 atom stereocenters. The average Bonchev–Trinajstić information content (AvgIpc) is 3.53. The van der Waals surface area contributed by atoms with Crippen LogP contribution in [-0.2, 0) is 56.9 Å². The van der Waals surface area contributed by atoms with Gasteiger partial charge in [-0.05, 0) is 114 Å². The molecule has 68 heavy (non-hydrogen) atoms. The van der Waals surface area contributed by atoms with Crippen molar-refractivity contribution in [3.05, 3.63) is 35.9 Å². The van der Waals surface area contributed by atoms with Gasteiger partial charge < -0.3 is 72.5 Å². The largest absolute Gasteiger partial charge is 0.462 e. The second-order valence-corrected chi connectivity index (χ2v) is 21.5. The highest BCUT2D eigenvalue weighted by molar-refractivity contribution is 5.89. The van der Waals surface area contributed by atoms with Crippen LogP contribution < -0.4 is 0 Å². The first-order chi connectivity index (χ1) is 32.2. The van der Waals surface area contributed by atoms with Crippen LogP contribution in [0.3, 0.4) is 0 Å². The van der Waals surface area contributed by atoms with Crippen LogP contribution in [0.25, 0.3) is 0 Å². The van der Waals surface area contributed by atoms with Crippen LogP contribution in [0.4, 0.5) is 0 Å². The molecule has 0 aromatic heterocycles. The van der Waals surface area contributed by atoms with Crippen LogP contribution in [0, 0.1) is 28.6 Å². The molecule has 8 rings (SSSR count). The van der Waals surface area contributed by atoms with Gasteiger partial charge in [0.15, 0.2) is 18.9 Å². The molecule has 1 aromatic carbocycles. The van der Waals surface area contributed by atoms with Crippen LogP contribution >= 0.6 is 0 Å². The maximum absolute atomic E-state index is 13.3. The first-order valence-electron chi connectivity index (χ1n) is 25.0. The lowest BCUT2D eigenvalue weighted by Gasteiger charge is -2.66. The fourth-order valence-electron chi connectivity index (χ4n) is 14.2. The van der Waals surface area contributed by atoms with E-state index >= 15 is 0 Å². The molecule has 4 saturated carbocycles. The van der Waals surface area contributed by atoms with Crippen molar-refractivity contribution in [2.75, 3.05) is 21.3 Å². The lowest BCUT2D eigenvalue weighted by molar-refractivity contribution is -0.352. The highest BCUT2D eigenvalue weighted by atomic mass is 16.8. The lowest BCUT2D eigenvalue weighted by atomic mass is 9.42. The topological polar surface area (TPSA) is 217 Å². The number of carbonyl (C=O) groups excluding carboxylic acids is 2. The number of hydrogen-bond donors (Lipinski definition) is 4. The third kappa shape index (κ3) is 9.10. The summed E-state index contributed by atoms with van der Waals surface area (Å²) in [7, 11) is 4.66. The Balaban J connectivity index is 0.889. The number of aliphatic hydroxyl groups excluding tert-OH is 2. The van der Waals surface area contributed by atoms with Gasteiger partial charge in [-0.2, -0.15) is 0 Å². The number of methoxy groups -OCH3 is 3. The van der Waals surface area contributed by atoms with E-state index in [1.54, 1.807) is 52.3 Å². The van der Waals surface area contributed by atoms with Crippen molar-refractivity contribution in [1.82, 2.24) is 0 Å². The minimum absolute atomic E-state index is 0.00748. The van der Waals surface area contributed by atoms with Crippen molar-refractivity contribution in [1.29, 1.82) is 0 Å². The second-order valence-electron chi connectivity index (χ2n) is 21.5. The summed E-state index contributed by atoms with van der Waals surface area (Å²) in [6.45, 7) is 12.7. The Morgan fingerprint density at radius 1 is 0.706 bits per heavy atom. The number of esters is 2. The van der Waals surface area contributed by atoms with Gasteiger partial charge in [-0.15, -0.1) is 0 Å². The Kier molecular flexibility index (Phi) is 15.5. The molecule has 0 radical (unpaired) electrons. The number of aliphatic hydroxyl groups is 4. The molecule has 4 aliphatic carbocycles. The van der Waals surface area contributed by atoms with E-state index in [1.807, 2.05) is 26.8 Å². The van der Waals surface area contributed by atoms with Crippen LogP contribution in [0.15, 0.2) is 30.3 Å². The molecule has 7 aliphatic rings. The molecule has 3 aliphatic heterocycles. The number of carbonyl (C=O) groups is 2. The second kappa shape index (κ2) is 20.3. The predicted octanol–water partition coefficient (Wildman–Crippen LogP) is 4.60. The van der Waals surface area contributed by atoms with Crippen molar-refractivity contribution >= 4 is 11.9 Å². The smallest absolute Gasteiger partial charge is 0.338 e. The fourth-order valence-corrected chi connectivity index (χ4v) is 14.2. The molecule has 384 valence electrons. The summed E-state index contributed by atoms with van der Waals surface area (Å²) in [4.78, 5) is 26.1. The number of hydrogen-bond acceptors (Lipinski definition) is 17. The highest BCUT2D eigenvalue weighted by Crippen LogP contribution is 2.71. The molecule has 7 fully saturated rings. The summed E-state index contributed by atoms with van der Waals surface area (Å²) >= 11 is 0. The van der Waals surface area contributed by atoms with Crippen LogP contribution in [0.2, 0.25) is 0 Å². The van der Waals surface area contributed by atoms with Crippen molar-refractivity contribution in [2.24, 2.45) is 28.6 Å². The first-order valence-corrected chi connectivity index (χ1v) is 25.0. The van der Waals surface area contributed by atoms with Gasteiger partial charge in [0.1, 0.15) is 48.3 Å². The zero-order valence-corrected chi connectivity index (χ0v) is 41.5. The van der Waals surface area contributed by atoms with E-state index in [1.165, 1.54) is 14.0 Å². The van der Waals surface area contributed by atoms with E-state index in [2.05, 4.69) is 6.92 Å². The fraction of sp³-hybridized carbons (Fsp3) is 0.843. The quantitative estimate of drug-likeness (QED) is 0.157. The summed E-state index contributed by atoms with van der Waals surface area (Å²) in [5.74, 6) is -0.934. The lowest BCUT2D eigenvalue weighted by Crippen LogP contribution is -2.72. The van der Waals surface area contributed by atoms with Crippen LogP contribution in [0.1, 0.15) is 123 Å². The summed E-state index contributed by atoms with van der Waals surface area (Å²) in [6, 6.07) is 8.64. The van der Waals surface area contributed by atoms with E-state index in [-0.39, 0.29) is 48.2 Å². The molecule has 4 N–H and O–H groups in total. The molecule has 17 nitrogen and oxygen atoms in total. The Morgan fingerprint density at radius 2 is 1.34 bits per heavy atom. The van der Waals surface area contributed by atoms with Crippen molar-refractivity contribution in [3.8, 4) is 0 Å². The zero-order valence-electron chi connectivity index (χ0n) is 41.5. The van der Waals surface area contributed by atoms with Crippen LogP contribution in [0.5, 0.6) is 0 Å². The van der Waals surface area contributed by atoms with Crippen molar-refractivity contribution in [2.45, 2.75) is 222 Å². The SMILES string of the molecule is CO[C@H]1[C@@H](O)[C@H](O[C@@H]2[C@@H](C)O[C@@H](O[C@H]3[C@@H](OC)C[C@H](O[C@H]4CC[C@@]5(C)[C@@H](CC[C@@H]6[C@@H]5C[C@@H](OC(C)=O)[C@]5(C)[C@](O)([C@H](C)OC(=O)c7ccccc7)CC[C@]65O)C4)O[C@@H]3C)C[C@H]2OC)O[C@H](C)[C@H]1O. The number of benzene rings is 1. The molecule has 17 heteroatoms. The Labute approximate surface area is 401 Å². The van der Waals surface area contributed by atoms with Gasteiger partial charge in [0.25, 0.3) is 0 Å². The average molecular weight is 963 g/mol. The molecular weight excluding hydrogens is 885 g/mol. The Hall–Kier alpha value is -2.36. The van der Waals surface area contributed by atoms with E-state index in [4.69, 9.17) is 52.1 Å². The van der Waals surface area contributed by atoms with Gasteiger partial charge in [0.05, 0.1) is 53.2 Å². The Bertz CT molecular complexity index is 1890. The maximum atomic E-state index is 13.3. The minimum Gasteiger partial charge on any atom is -0.462 e. The normalized spacial score (nSPS) is 48.6. The van der Waals surface area contributed by atoms with Crippen molar-refractivity contribution in [3.63, 3.8) is 0 Å². The monoisotopic (exact) mass is 963 g/mol. The number of rotatable bonds is 13. The van der Waals surface area contributed by atoms with Gasteiger partial charge in [0, 0.05) is 41.1 Å². The maximum Gasteiger partial charge on any atom is 0.338 e. The van der Waals surface area contributed by atoms with E-state index in [0.29, 0.717) is 24.8 Å². The van der Waals surface area contributed by atoms with Crippen LogP contribution in [-0.4, -0.2) is 163 Å². The molecule has 3 heterocycles. The third-order valence-corrected chi connectivity index (χ3v) is 18.2. The summed E-state index contributed by atoms with van der Waals surface area (Å²) in [6.07, 6.45) is -5.03. The molecule has 0 amide bonds. The van der Waals surface area contributed by atoms with Gasteiger partial charge in [-0.3, -0.25) is 4.79 Å². The Morgan fingerprint density at radius 3 is 1.96 bits per heavy atom. The minimum atomic E-state index is -1.66. The van der Waals surface area contributed by atoms with E-state index in [9.17, 15) is 30.0 Å². The number of fused-ring (bicyclic) bond motifs is 5. The standard InChI is InChI=1S/C51H78O17/c1-26-41(53)45(60-10)42(54)47(63-26)68-44-28(3)62-40(25-37(44)59-9)67-43-27(2)61-39(24-36(43)58-8)66-33-18-19-48(6)32(22-33)16-17-34-35(48)23-38(65-30(5)52)49(7)50(56,20-21-51(34,49)57)29(4)64-46(55)31-14-12-11-13-15-31/h11-15,26-29,32-45,47,53-54,56-57H,16-25H2,1-10H3/t26-,27-,28-,29+,32+,33+,34-,35+,36+,37-,38-,39+,40+,41-,42-,43-,44-,45-,47+,48+,49-,50-,51+/m1/s1. The van der Waals surface area contributed by atoms with Gasteiger partial charge in [-0.25, -0.2) is 4.79 Å². The van der Waals surface area contributed by atoms with E-state index in [0.717, 1.165) is 32.1 Å². The van der Waals surface area contributed by atoms with Gasteiger partial charge in [-0.1, -0.05) is 32.0 Å². The first kappa shape index (κ1) is 52.0. The molecular formula is C51H78O17. The van der Waals surface area contributed by atoms with E-state index < -0.39 is 115 Å². The molecule has 0 spiro atoms. The molecule has 3 saturated heterocycles. The highest BCUT2D eigenvalue weighted by Gasteiger charge is 2.77. The summed E-state index contributed by atoms with van der Waals surface area (Å²) in [5, 5.41) is 47.2. The summed E-state index contributed by atoms with van der Waals surface area (Å²) < 4.78 is 67.7.